The Bertz CT molecular complexity index is 376. The lowest BCUT2D eigenvalue weighted by Crippen LogP contribution is -2.23. The number of aliphatic hydroxyl groups excluding tert-OH is 1. The van der Waals surface area contributed by atoms with E-state index in [0.29, 0.717) is 6.10 Å². The maximum absolute atomic E-state index is 12.8. The molecule has 4 unspecified atom stereocenters. The summed E-state index contributed by atoms with van der Waals surface area (Å²) in [4.78, 5) is 0. The summed E-state index contributed by atoms with van der Waals surface area (Å²) in [6, 6.07) is 6.11. The summed E-state index contributed by atoms with van der Waals surface area (Å²) in [5, 5.41) is 10.2. The van der Waals surface area contributed by atoms with Gasteiger partial charge in [-0.25, -0.2) is 4.39 Å². The zero-order valence-corrected chi connectivity index (χ0v) is 8.97. The van der Waals surface area contributed by atoms with E-state index in [4.69, 9.17) is 4.74 Å². The molecular weight excluding hydrogens is 207 g/mol. The van der Waals surface area contributed by atoms with Crippen molar-refractivity contribution in [2.24, 2.45) is 5.92 Å². The molecule has 1 aromatic rings. The Hall–Kier alpha value is -0.930. The molecule has 2 aliphatic rings. The molecule has 0 saturated carbocycles. The highest BCUT2D eigenvalue weighted by Crippen LogP contribution is 2.44. The van der Waals surface area contributed by atoms with Crippen LogP contribution in [0.4, 0.5) is 4.39 Å². The van der Waals surface area contributed by atoms with E-state index in [1.165, 1.54) is 12.1 Å². The topological polar surface area (TPSA) is 29.5 Å². The van der Waals surface area contributed by atoms with Gasteiger partial charge in [0.1, 0.15) is 5.82 Å². The van der Waals surface area contributed by atoms with Gasteiger partial charge in [-0.05, 0) is 37.0 Å². The molecule has 0 radical (unpaired) electrons. The van der Waals surface area contributed by atoms with E-state index in [2.05, 4.69) is 0 Å². The lowest BCUT2D eigenvalue weighted by Gasteiger charge is -2.24. The molecule has 3 heteroatoms. The largest absolute Gasteiger partial charge is 0.388 e. The van der Waals surface area contributed by atoms with Crippen LogP contribution in [-0.2, 0) is 4.74 Å². The van der Waals surface area contributed by atoms with E-state index in [-0.39, 0.29) is 17.8 Å². The van der Waals surface area contributed by atoms with Gasteiger partial charge in [-0.2, -0.15) is 0 Å². The summed E-state index contributed by atoms with van der Waals surface area (Å²) in [5.41, 5.74) is 0.794. The second kappa shape index (κ2) is 3.82. The molecule has 1 aromatic carbocycles. The third-order valence-corrected chi connectivity index (χ3v) is 3.77. The van der Waals surface area contributed by atoms with Gasteiger partial charge in [-0.1, -0.05) is 12.1 Å². The van der Waals surface area contributed by atoms with E-state index < -0.39 is 6.10 Å². The first kappa shape index (κ1) is 10.2. The average Bonchev–Trinajstić information content (AvgIpc) is 2.91. The van der Waals surface area contributed by atoms with Crippen LogP contribution in [0.5, 0.6) is 0 Å². The first-order valence-electron chi connectivity index (χ1n) is 5.83. The molecule has 0 aromatic heterocycles. The molecular formula is C13H15FO2. The third kappa shape index (κ3) is 1.64. The second-order valence-electron chi connectivity index (χ2n) is 4.77. The van der Waals surface area contributed by atoms with Gasteiger partial charge in [0.2, 0.25) is 0 Å². The van der Waals surface area contributed by atoms with Crippen LogP contribution in [0.2, 0.25) is 0 Å². The smallest absolute Gasteiger partial charge is 0.123 e. The molecule has 2 fully saturated rings. The lowest BCUT2D eigenvalue weighted by molar-refractivity contribution is 0.0422. The fourth-order valence-electron chi connectivity index (χ4n) is 2.92. The van der Waals surface area contributed by atoms with Crippen molar-refractivity contribution >= 4 is 0 Å². The molecule has 2 nitrogen and oxygen atoms in total. The zero-order chi connectivity index (χ0) is 11.1. The molecule has 16 heavy (non-hydrogen) atoms. The van der Waals surface area contributed by atoms with Crippen molar-refractivity contribution in [2.45, 2.75) is 37.6 Å². The Morgan fingerprint density at radius 1 is 1.25 bits per heavy atom. The molecule has 3 rings (SSSR count). The van der Waals surface area contributed by atoms with Gasteiger partial charge in [0.05, 0.1) is 18.3 Å². The molecule has 2 heterocycles. The molecule has 2 aliphatic heterocycles. The van der Waals surface area contributed by atoms with Gasteiger partial charge in [0.15, 0.2) is 0 Å². The minimum absolute atomic E-state index is 0.184. The predicted molar refractivity (Wildman–Crippen MR) is 57.4 cm³/mol. The molecule has 86 valence electrons. The van der Waals surface area contributed by atoms with Crippen LogP contribution < -0.4 is 0 Å². The van der Waals surface area contributed by atoms with Gasteiger partial charge in [-0.15, -0.1) is 0 Å². The van der Waals surface area contributed by atoms with Crippen LogP contribution in [0.25, 0.3) is 0 Å². The number of halogens is 1. The summed E-state index contributed by atoms with van der Waals surface area (Å²) < 4.78 is 18.5. The molecule has 4 atom stereocenters. The molecule has 1 N–H and O–H groups in total. The fourth-order valence-corrected chi connectivity index (χ4v) is 2.92. The molecule has 2 bridgehead atoms. The van der Waals surface area contributed by atoms with Crippen molar-refractivity contribution < 1.29 is 14.2 Å². The first-order valence-corrected chi connectivity index (χ1v) is 5.83. The lowest BCUT2D eigenvalue weighted by atomic mass is 9.83. The Balaban J connectivity index is 1.77. The van der Waals surface area contributed by atoms with Gasteiger partial charge >= 0.3 is 0 Å². The van der Waals surface area contributed by atoms with Crippen LogP contribution >= 0.6 is 0 Å². The number of benzene rings is 1. The summed E-state index contributed by atoms with van der Waals surface area (Å²) in [6.07, 6.45) is 3.12. The highest BCUT2D eigenvalue weighted by atomic mass is 19.1. The van der Waals surface area contributed by atoms with Crippen molar-refractivity contribution in [1.29, 1.82) is 0 Å². The summed E-state index contributed by atoms with van der Waals surface area (Å²) in [6.45, 7) is 0. The third-order valence-electron chi connectivity index (χ3n) is 3.77. The van der Waals surface area contributed by atoms with Crippen LogP contribution in [0.15, 0.2) is 24.3 Å². The van der Waals surface area contributed by atoms with Crippen molar-refractivity contribution in [3.8, 4) is 0 Å². The van der Waals surface area contributed by atoms with Gasteiger partial charge < -0.3 is 9.84 Å². The molecule has 2 saturated heterocycles. The average molecular weight is 222 g/mol. The van der Waals surface area contributed by atoms with E-state index in [0.717, 1.165) is 24.8 Å². The van der Waals surface area contributed by atoms with Crippen LogP contribution in [-0.4, -0.2) is 17.3 Å². The SMILES string of the molecule is OC(c1ccc(F)cc1)C1CC2CCC1O2. The molecule has 0 amide bonds. The Kier molecular flexibility index (Phi) is 2.45. The van der Waals surface area contributed by atoms with E-state index in [9.17, 15) is 9.50 Å². The summed E-state index contributed by atoms with van der Waals surface area (Å²) in [7, 11) is 0. The summed E-state index contributed by atoms with van der Waals surface area (Å²) >= 11 is 0. The number of aliphatic hydroxyl groups is 1. The summed E-state index contributed by atoms with van der Waals surface area (Å²) in [5.74, 6) is -0.0793. The normalized spacial score (nSPS) is 34.2. The number of fused-ring (bicyclic) bond motifs is 2. The highest BCUT2D eigenvalue weighted by molar-refractivity contribution is 5.20. The molecule has 0 aliphatic carbocycles. The van der Waals surface area contributed by atoms with Crippen LogP contribution in [0, 0.1) is 11.7 Å². The van der Waals surface area contributed by atoms with Crippen molar-refractivity contribution in [3.05, 3.63) is 35.6 Å². The van der Waals surface area contributed by atoms with Crippen molar-refractivity contribution in [3.63, 3.8) is 0 Å². The van der Waals surface area contributed by atoms with E-state index in [1.807, 2.05) is 0 Å². The maximum atomic E-state index is 12.8. The van der Waals surface area contributed by atoms with Crippen molar-refractivity contribution in [1.82, 2.24) is 0 Å². The van der Waals surface area contributed by atoms with E-state index >= 15 is 0 Å². The van der Waals surface area contributed by atoms with Crippen LogP contribution in [0.1, 0.15) is 30.9 Å². The quantitative estimate of drug-likeness (QED) is 0.832. The number of ether oxygens (including phenoxy) is 1. The Morgan fingerprint density at radius 3 is 2.56 bits per heavy atom. The van der Waals surface area contributed by atoms with Gasteiger partial charge in [0, 0.05) is 5.92 Å². The predicted octanol–water partition coefficient (Wildman–Crippen LogP) is 2.43. The fraction of sp³-hybridized carbons (Fsp3) is 0.538. The number of rotatable bonds is 2. The molecule has 0 spiro atoms. The second-order valence-corrected chi connectivity index (χ2v) is 4.77. The van der Waals surface area contributed by atoms with Gasteiger partial charge in [-0.3, -0.25) is 0 Å². The van der Waals surface area contributed by atoms with Gasteiger partial charge in [0.25, 0.3) is 0 Å². The first-order chi connectivity index (χ1) is 7.74. The number of hydrogen-bond donors (Lipinski definition) is 1. The van der Waals surface area contributed by atoms with Crippen LogP contribution in [0.3, 0.4) is 0 Å². The highest BCUT2D eigenvalue weighted by Gasteiger charge is 2.44. The standard InChI is InChI=1S/C13H15FO2/c14-9-3-1-8(2-4-9)13(15)11-7-10-5-6-12(11)16-10/h1-4,10-13,15H,5-7H2. The monoisotopic (exact) mass is 222 g/mol. The van der Waals surface area contributed by atoms with Crippen molar-refractivity contribution in [2.75, 3.05) is 0 Å². The zero-order valence-electron chi connectivity index (χ0n) is 8.97. The maximum Gasteiger partial charge on any atom is 0.123 e. The number of hydrogen-bond acceptors (Lipinski definition) is 2. The minimum atomic E-state index is -0.518. The Labute approximate surface area is 94.0 Å². The van der Waals surface area contributed by atoms with E-state index in [1.54, 1.807) is 12.1 Å². The minimum Gasteiger partial charge on any atom is -0.388 e. The Morgan fingerprint density at radius 2 is 2.00 bits per heavy atom.